The van der Waals surface area contributed by atoms with Crippen molar-refractivity contribution in [3.63, 3.8) is 0 Å². The third-order valence-corrected chi connectivity index (χ3v) is 5.95. The number of nitrogens with zero attached hydrogens (tertiary/aromatic N) is 1. The van der Waals surface area contributed by atoms with Crippen LogP contribution in [0.4, 0.5) is 0 Å². The Morgan fingerprint density at radius 2 is 2.00 bits per heavy atom. The van der Waals surface area contributed by atoms with Gasteiger partial charge < -0.3 is 10.2 Å². The van der Waals surface area contributed by atoms with Crippen LogP contribution in [0.1, 0.15) is 44.3 Å². The first kappa shape index (κ1) is 16.4. The molecule has 0 radical (unpaired) electrons. The van der Waals surface area contributed by atoms with Crippen LogP contribution in [0.5, 0.6) is 0 Å². The lowest BCUT2D eigenvalue weighted by atomic mass is 10.1. The van der Waals surface area contributed by atoms with E-state index in [1.54, 1.807) is 25.1 Å². The van der Waals surface area contributed by atoms with Crippen LogP contribution in [0, 0.1) is 0 Å². The minimum absolute atomic E-state index is 0.0302. The van der Waals surface area contributed by atoms with E-state index in [9.17, 15) is 18.6 Å². The van der Waals surface area contributed by atoms with E-state index in [1.165, 1.54) is 10.4 Å². The molecule has 1 aromatic rings. The van der Waals surface area contributed by atoms with Crippen molar-refractivity contribution in [2.24, 2.45) is 0 Å². The first-order valence-corrected chi connectivity index (χ1v) is 8.81. The number of aliphatic hydroxyl groups excluding tert-OH is 2. The molecule has 0 saturated heterocycles. The van der Waals surface area contributed by atoms with E-state index in [0.29, 0.717) is 5.56 Å². The Labute approximate surface area is 126 Å². The zero-order valence-corrected chi connectivity index (χ0v) is 13.1. The summed E-state index contributed by atoms with van der Waals surface area (Å²) in [5.74, 6) is 0. The van der Waals surface area contributed by atoms with E-state index < -0.39 is 16.1 Å². The maximum atomic E-state index is 12.8. The monoisotopic (exact) mass is 313 g/mol. The van der Waals surface area contributed by atoms with Gasteiger partial charge in [0.25, 0.3) is 0 Å². The molecule has 1 aliphatic rings. The molecule has 0 aliphatic heterocycles. The minimum atomic E-state index is -3.64. The van der Waals surface area contributed by atoms with Crippen LogP contribution in [0.15, 0.2) is 29.2 Å². The zero-order valence-electron chi connectivity index (χ0n) is 12.3. The Morgan fingerprint density at radius 1 is 1.33 bits per heavy atom. The van der Waals surface area contributed by atoms with Gasteiger partial charge in [0.15, 0.2) is 0 Å². The van der Waals surface area contributed by atoms with Gasteiger partial charge in [0.05, 0.1) is 17.6 Å². The van der Waals surface area contributed by atoms with Gasteiger partial charge in [-0.05, 0) is 37.5 Å². The number of sulfonamides is 1. The molecule has 1 aromatic carbocycles. The molecular weight excluding hydrogens is 290 g/mol. The lowest BCUT2D eigenvalue weighted by Gasteiger charge is -2.27. The van der Waals surface area contributed by atoms with Gasteiger partial charge in [0.1, 0.15) is 0 Å². The molecule has 118 valence electrons. The van der Waals surface area contributed by atoms with Crippen LogP contribution in [0.2, 0.25) is 0 Å². The van der Waals surface area contributed by atoms with Crippen LogP contribution in [-0.2, 0) is 10.0 Å². The van der Waals surface area contributed by atoms with Crippen molar-refractivity contribution < 1.29 is 18.6 Å². The molecule has 5 nitrogen and oxygen atoms in total. The molecule has 0 heterocycles. The Balaban J connectivity index is 2.35. The largest absolute Gasteiger partial charge is 0.395 e. The number of hydrogen-bond donors (Lipinski definition) is 2. The summed E-state index contributed by atoms with van der Waals surface area (Å²) in [7, 11) is -3.64. The van der Waals surface area contributed by atoms with E-state index in [0.717, 1.165) is 25.7 Å². The molecule has 21 heavy (non-hydrogen) atoms. The van der Waals surface area contributed by atoms with Gasteiger partial charge in [0, 0.05) is 12.6 Å². The molecule has 6 heteroatoms. The highest BCUT2D eigenvalue weighted by Gasteiger charge is 2.32. The summed E-state index contributed by atoms with van der Waals surface area (Å²) in [5.41, 5.74) is 0.575. The van der Waals surface area contributed by atoms with E-state index in [1.807, 2.05) is 0 Å². The lowest BCUT2D eigenvalue weighted by molar-refractivity contribution is 0.199. The van der Waals surface area contributed by atoms with Crippen LogP contribution in [0.25, 0.3) is 0 Å². The molecule has 0 aromatic heterocycles. The SMILES string of the molecule is CC(O)c1cccc(S(=O)(=O)N(CCO)C2CCCC2)c1. The second kappa shape index (κ2) is 6.87. The van der Waals surface area contributed by atoms with Gasteiger partial charge in [0.2, 0.25) is 10.0 Å². The second-order valence-electron chi connectivity index (χ2n) is 5.53. The third kappa shape index (κ3) is 3.63. The van der Waals surface area contributed by atoms with Crippen molar-refractivity contribution in [1.29, 1.82) is 0 Å². The summed E-state index contributed by atoms with van der Waals surface area (Å²) in [4.78, 5) is 0.182. The normalized spacial score (nSPS) is 18.3. The van der Waals surface area contributed by atoms with Gasteiger partial charge in [-0.1, -0.05) is 25.0 Å². The van der Waals surface area contributed by atoms with Crippen molar-refractivity contribution in [2.45, 2.75) is 49.6 Å². The summed E-state index contributed by atoms with van der Waals surface area (Å²) in [6.07, 6.45) is 3.02. The van der Waals surface area contributed by atoms with Gasteiger partial charge in [-0.15, -0.1) is 0 Å². The number of rotatable bonds is 6. The van der Waals surface area contributed by atoms with Gasteiger partial charge in [-0.25, -0.2) is 8.42 Å². The van der Waals surface area contributed by atoms with E-state index >= 15 is 0 Å². The van der Waals surface area contributed by atoms with Crippen LogP contribution >= 0.6 is 0 Å². The Morgan fingerprint density at radius 3 is 2.57 bits per heavy atom. The number of benzene rings is 1. The van der Waals surface area contributed by atoms with Crippen molar-refractivity contribution in [3.05, 3.63) is 29.8 Å². The molecule has 2 N–H and O–H groups in total. The van der Waals surface area contributed by atoms with E-state index in [2.05, 4.69) is 0 Å². The summed E-state index contributed by atoms with van der Waals surface area (Å²) in [6, 6.07) is 6.37. The molecule has 0 bridgehead atoms. The van der Waals surface area contributed by atoms with Gasteiger partial charge in [-0.2, -0.15) is 4.31 Å². The van der Waals surface area contributed by atoms with Crippen molar-refractivity contribution in [2.75, 3.05) is 13.2 Å². The van der Waals surface area contributed by atoms with Crippen molar-refractivity contribution >= 4 is 10.0 Å². The van der Waals surface area contributed by atoms with Gasteiger partial charge >= 0.3 is 0 Å². The molecule has 1 aliphatic carbocycles. The quantitative estimate of drug-likeness (QED) is 0.837. The Bertz CT molecular complexity index is 565. The summed E-state index contributed by atoms with van der Waals surface area (Å²) in [6.45, 7) is 1.53. The topological polar surface area (TPSA) is 77.8 Å². The highest BCUT2D eigenvalue weighted by atomic mass is 32.2. The minimum Gasteiger partial charge on any atom is -0.395 e. The molecule has 0 spiro atoms. The average Bonchev–Trinajstić information content (AvgIpc) is 2.98. The Kier molecular flexibility index (Phi) is 5.37. The molecule has 2 rings (SSSR count). The second-order valence-corrected chi connectivity index (χ2v) is 7.42. The first-order chi connectivity index (χ1) is 9.96. The smallest absolute Gasteiger partial charge is 0.243 e. The molecular formula is C15H23NO4S. The molecule has 1 unspecified atom stereocenters. The lowest BCUT2D eigenvalue weighted by Crippen LogP contribution is -2.40. The van der Waals surface area contributed by atoms with Gasteiger partial charge in [-0.3, -0.25) is 0 Å². The summed E-state index contributed by atoms with van der Waals surface area (Å²) in [5, 5.41) is 18.8. The average molecular weight is 313 g/mol. The maximum Gasteiger partial charge on any atom is 0.243 e. The highest BCUT2D eigenvalue weighted by Crippen LogP contribution is 2.29. The standard InChI is InChI=1S/C15H23NO4S/c1-12(18)13-5-4-8-15(11-13)21(19,20)16(9-10-17)14-6-2-3-7-14/h4-5,8,11-12,14,17-18H,2-3,6-7,9-10H2,1H3. The zero-order chi connectivity index (χ0) is 15.5. The van der Waals surface area contributed by atoms with Crippen LogP contribution in [-0.4, -0.2) is 42.1 Å². The third-order valence-electron chi connectivity index (χ3n) is 4.00. The van der Waals surface area contributed by atoms with E-state index in [-0.39, 0.29) is 24.1 Å². The summed E-state index contributed by atoms with van der Waals surface area (Å²) >= 11 is 0. The fraction of sp³-hybridized carbons (Fsp3) is 0.600. The number of hydrogen-bond acceptors (Lipinski definition) is 4. The fourth-order valence-electron chi connectivity index (χ4n) is 2.86. The molecule has 1 saturated carbocycles. The molecule has 0 amide bonds. The number of aliphatic hydroxyl groups is 2. The van der Waals surface area contributed by atoms with Crippen LogP contribution in [0.3, 0.4) is 0 Å². The van der Waals surface area contributed by atoms with E-state index in [4.69, 9.17) is 0 Å². The highest BCUT2D eigenvalue weighted by molar-refractivity contribution is 7.89. The van der Waals surface area contributed by atoms with Crippen molar-refractivity contribution in [1.82, 2.24) is 4.31 Å². The van der Waals surface area contributed by atoms with Crippen molar-refractivity contribution in [3.8, 4) is 0 Å². The van der Waals surface area contributed by atoms with Crippen LogP contribution < -0.4 is 0 Å². The maximum absolute atomic E-state index is 12.8. The summed E-state index contributed by atoms with van der Waals surface area (Å²) < 4.78 is 27.1. The fourth-order valence-corrected chi connectivity index (χ4v) is 4.59. The molecule has 1 fully saturated rings. The Hall–Kier alpha value is -0.950. The predicted octanol–water partition coefficient (Wildman–Crippen LogP) is 1.67. The first-order valence-electron chi connectivity index (χ1n) is 7.37. The predicted molar refractivity (Wildman–Crippen MR) is 80.3 cm³/mol. The molecule has 1 atom stereocenters.